The van der Waals surface area contributed by atoms with Crippen molar-refractivity contribution in [3.63, 3.8) is 0 Å². The molecular weight excluding hydrogens is 476 g/mol. The SMILES string of the molecule is CCCCC(=O)Nc1cccc(N=Cc2cc(Cc3ccccc3Cl)cc(Br)c2O)c1. The fourth-order valence-electron chi connectivity index (χ4n) is 3.11. The lowest BCUT2D eigenvalue weighted by molar-refractivity contribution is -0.116. The van der Waals surface area contributed by atoms with E-state index in [1.54, 1.807) is 12.3 Å². The van der Waals surface area contributed by atoms with Crippen LogP contribution in [0.15, 0.2) is 70.1 Å². The third-order valence-electron chi connectivity index (χ3n) is 4.75. The van der Waals surface area contributed by atoms with E-state index in [9.17, 15) is 9.90 Å². The van der Waals surface area contributed by atoms with Gasteiger partial charge in [-0.1, -0.05) is 49.2 Å². The van der Waals surface area contributed by atoms with E-state index >= 15 is 0 Å². The molecule has 0 atom stereocenters. The number of aliphatic imine (C=N–C) groups is 1. The van der Waals surface area contributed by atoms with Gasteiger partial charge in [0, 0.05) is 28.9 Å². The Kier molecular flexibility index (Phi) is 8.27. The molecule has 3 aromatic rings. The van der Waals surface area contributed by atoms with Gasteiger partial charge in [-0.2, -0.15) is 0 Å². The van der Waals surface area contributed by atoms with Crippen LogP contribution in [0, 0.1) is 0 Å². The molecule has 0 bridgehead atoms. The average molecular weight is 500 g/mol. The summed E-state index contributed by atoms with van der Waals surface area (Å²) < 4.78 is 0.593. The largest absolute Gasteiger partial charge is 0.506 e. The number of phenols is 1. The summed E-state index contributed by atoms with van der Waals surface area (Å²) in [6, 6.07) is 18.8. The van der Waals surface area contributed by atoms with Crippen molar-refractivity contribution in [1.29, 1.82) is 0 Å². The van der Waals surface area contributed by atoms with Crippen molar-refractivity contribution >= 4 is 51.0 Å². The van der Waals surface area contributed by atoms with Crippen LogP contribution in [0.1, 0.15) is 42.9 Å². The van der Waals surface area contributed by atoms with Crippen LogP contribution in [-0.4, -0.2) is 17.2 Å². The van der Waals surface area contributed by atoms with Crippen molar-refractivity contribution in [2.75, 3.05) is 5.32 Å². The molecule has 3 rings (SSSR count). The van der Waals surface area contributed by atoms with Crippen molar-refractivity contribution < 1.29 is 9.90 Å². The molecule has 31 heavy (non-hydrogen) atoms. The molecule has 0 saturated carbocycles. The van der Waals surface area contributed by atoms with Crippen molar-refractivity contribution in [2.24, 2.45) is 4.99 Å². The third kappa shape index (κ3) is 6.68. The average Bonchev–Trinajstić information content (AvgIpc) is 2.75. The van der Waals surface area contributed by atoms with Crippen molar-refractivity contribution in [3.05, 3.63) is 86.8 Å². The molecule has 0 aliphatic carbocycles. The molecule has 160 valence electrons. The maximum absolute atomic E-state index is 12.0. The molecule has 0 spiro atoms. The standard InChI is InChI=1S/C25H24BrClN2O2/c1-2-3-11-24(30)29-21-9-6-8-20(15-21)28-16-19-13-17(14-22(26)25(19)31)12-18-7-4-5-10-23(18)27/h4-10,13-16,31H,2-3,11-12H2,1H3,(H,29,30). The molecule has 0 aliphatic heterocycles. The lowest BCUT2D eigenvalue weighted by Gasteiger charge is -2.09. The molecule has 0 saturated heterocycles. The number of nitrogens with zero attached hydrogens (tertiary/aromatic N) is 1. The lowest BCUT2D eigenvalue weighted by atomic mass is 10.0. The Balaban J connectivity index is 1.79. The summed E-state index contributed by atoms with van der Waals surface area (Å²) in [6.45, 7) is 2.06. The Morgan fingerprint density at radius 1 is 1.16 bits per heavy atom. The Morgan fingerprint density at radius 2 is 1.97 bits per heavy atom. The molecule has 2 N–H and O–H groups in total. The van der Waals surface area contributed by atoms with Gasteiger partial charge in [-0.15, -0.1) is 0 Å². The first kappa shape index (κ1) is 23.0. The summed E-state index contributed by atoms with van der Waals surface area (Å²) in [5, 5.41) is 14.1. The zero-order chi connectivity index (χ0) is 22.2. The van der Waals surface area contributed by atoms with Crippen LogP contribution < -0.4 is 5.32 Å². The van der Waals surface area contributed by atoms with Gasteiger partial charge in [0.15, 0.2) is 0 Å². The number of aromatic hydroxyl groups is 1. The normalized spacial score (nSPS) is 11.1. The monoisotopic (exact) mass is 498 g/mol. The number of rotatable bonds is 8. The molecule has 0 unspecified atom stereocenters. The highest BCUT2D eigenvalue weighted by Crippen LogP contribution is 2.31. The second kappa shape index (κ2) is 11.1. The molecular formula is C25H24BrClN2O2. The number of halogens is 2. The summed E-state index contributed by atoms with van der Waals surface area (Å²) in [5.41, 5.74) is 3.98. The summed E-state index contributed by atoms with van der Waals surface area (Å²) >= 11 is 9.71. The fraction of sp³-hybridized carbons (Fsp3) is 0.200. The first-order valence-electron chi connectivity index (χ1n) is 10.1. The van der Waals surface area contributed by atoms with Crippen LogP contribution in [0.5, 0.6) is 5.75 Å². The second-order valence-electron chi connectivity index (χ2n) is 7.24. The van der Waals surface area contributed by atoms with Gasteiger partial charge in [-0.3, -0.25) is 9.79 Å². The van der Waals surface area contributed by atoms with Crippen LogP contribution in [-0.2, 0) is 11.2 Å². The first-order chi connectivity index (χ1) is 15.0. The Morgan fingerprint density at radius 3 is 2.74 bits per heavy atom. The van der Waals surface area contributed by atoms with E-state index in [1.807, 2.05) is 54.6 Å². The number of nitrogens with one attached hydrogen (secondary N) is 1. The summed E-state index contributed by atoms with van der Waals surface area (Å²) in [5.74, 6) is 0.118. The second-order valence-corrected chi connectivity index (χ2v) is 8.51. The Labute approximate surface area is 196 Å². The van der Waals surface area contributed by atoms with Crippen LogP contribution in [0.2, 0.25) is 5.02 Å². The molecule has 1 amide bonds. The first-order valence-corrected chi connectivity index (χ1v) is 11.3. The van der Waals surface area contributed by atoms with Gasteiger partial charge in [-0.05, 0) is 76.3 Å². The summed E-state index contributed by atoms with van der Waals surface area (Å²) in [4.78, 5) is 16.4. The van der Waals surface area contributed by atoms with Crippen molar-refractivity contribution in [2.45, 2.75) is 32.6 Å². The highest BCUT2D eigenvalue weighted by atomic mass is 79.9. The molecule has 6 heteroatoms. The van der Waals surface area contributed by atoms with E-state index in [1.165, 1.54) is 0 Å². The van der Waals surface area contributed by atoms with Gasteiger partial charge < -0.3 is 10.4 Å². The highest BCUT2D eigenvalue weighted by Gasteiger charge is 2.09. The van der Waals surface area contributed by atoms with Crippen LogP contribution in [0.4, 0.5) is 11.4 Å². The number of amides is 1. The fourth-order valence-corrected chi connectivity index (χ4v) is 3.84. The maximum atomic E-state index is 12.0. The van der Waals surface area contributed by atoms with Gasteiger partial charge in [0.1, 0.15) is 5.75 Å². The number of carbonyl (C=O) groups is 1. The van der Waals surface area contributed by atoms with E-state index in [4.69, 9.17) is 11.6 Å². The number of anilines is 1. The van der Waals surface area contributed by atoms with Crippen LogP contribution in [0.3, 0.4) is 0 Å². The maximum Gasteiger partial charge on any atom is 0.224 e. The number of benzene rings is 3. The van der Waals surface area contributed by atoms with Crippen molar-refractivity contribution in [1.82, 2.24) is 0 Å². The van der Waals surface area contributed by atoms with Crippen LogP contribution in [0.25, 0.3) is 0 Å². The van der Waals surface area contributed by atoms with E-state index in [-0.39, 0.29) is 11.7 Å². The smallest absolute Gasteiger partial charge is 0.224 e. The van der Waals surface area contributed by atoms with E-state index in [0.29, 0.717) is 39.3 Å². The van der Waals surface area contributed by atoms with Gasteiger partial charge in [0.05, 0.1) is 10.2 Å². The van der Waals surface area contributed by atoms with Crippen LogP contribution >= 0.6 is 27.5 Å². The zero-order valence-corrected chi connectivity index (χ0v) is 19.6. The lowest BCUT2D eigenvalue weighted by Crippen LogP contribution is -2.10. The molecule has 0 fully saturated rings. The number of hydrogen-bond acceptors (Lipinski definition) is 3. The predicted octanol–water partition coefficient (Wildman–Crippen LogP) is 7.28. The van der Waals surface area contributed by atoms with E-state index in [2.05, 4.69) is 33.2 Å². The minimum absolute atomic E-state index is 0.00294. The highest BCUT2D eigenvalue weighted by molar-refractivity contribution is 9.10. The third-order valence-corrected chi connectivity index (χ3v) is 5.72. The van der Waals surface area contributed by atoms with E-state index in [0.717, 1.165) is 24.0 Å². The summed E-state index contributed by atoms with van der Waals surface area (Å²) in [6.07, 6.45) is 4.60. The van der Waals surface area contributed by atoms with Crippen molar-refractivity contribution in [3.8, 4) is 5.75 Å². The molecule has 3 aromatic carbocycles. The molecule has 0 aliphatic rings. The Hall–Kier alpha value is -2.63. The number of phenolic OH excluding ortho intramolecular Hbond substituents is 1. The predicted molar refractivity (Wildman–Crippen MR) is 132 cm³/mol. The molecule has 4 nitrogen and oxygen atoms in total. The van der Waals surface area contributed by atoms with Gasteiger partial charge in [0.2, 0.25) is 5.91 Å². The van der Waals surface area contributed by atoms with E-state index < -0.39 is 0 Å². The quantitative estimate of drug-likeness (QED) is 0.320. The zero-order valence-electron chi connectivity index (χ0n) is 17.2. The number of hydrogen-bond donors (Lipinski definition) is 2. The Bertz CT molecular complexity index is 1100. The van der Waals surface area contributed by atoms with Gasteiger partial charge in [0.25, 0.3) is 0 Å². The number of unbranched alkanes of at least 4 members (excludes halogenated alkanes) is 1. The van der Waals surface area contributed by atoms with Gasteiger partial charge >= 0.3 is 0 Å². The minimum atomic E-state index is -0.00294. The molecule has 0 heterocycles. The molecule has 0 radical (unpaired) electrons. The molecule has 0 aromatic heterocycles. The summed E-state index contributed by atoms with van der Waals surface area (Å²) in [7, 11) is 0. The van der Waals surface area contributed by atoms with Gasteiger partial charge in [-0.25, -0.2) is 0 Å². The number of carbonyl (C=O) groups excluding carboxylic acids is 1. The minimum Gasteiger partial charge on any atom is -0.506 e. The topological polar surface area (TPSA) is 61.7 Å².